The van der Waals surface area contributed by atoms with Crippen molar-refractivity contribution in [2.24, 2.45) is 0 Å². The van der Waals surface area contributed by atoms with E-state index >= 15 is 0 Å². The molecule has 2 aromatic carbocycles. The van der Waals surface area contributed by atoms with Gasteiger partial charge in [0.05, 0.1) is 10.9 Å². The first-order valence-corrected chi connectivity index (χ1v) is 8.84. The van der Waals surface area contributed by atoms with E-state index in [4.69, 9.17) is 5.21 Å². The van der Waals surface area contributed by atoms with E-state index in [9.17, 15) is 9.59 Å². The van der Waals surface area contributed by atoms with Crippen molar-refractivity contribution in [1.29, 1.82) is 0 Å². The number of thiophene rings is 1. The van der Waals surface area contributed by atoms with E-state index in [1.165, 1.54) is 22.5 Å². The van der Waals surface area contributed by atoms with E-state index in [1.807, 2.05) is 18.2 Å². The molecule has 126 valence electrons. The van der Waals surface area contributed by atoms with Crippen LogP contribution in [0.5, 0.6) is 0 Å². The Bertz CT molecular complexity index is 980. The summed E-state index contributed by atoms with van der Waals surface area (Å²) < 4.78 is 0.832. The van der Waals surface area contributed by atoms with Gasteiger partial charge in [0.1, 0.15) is 0 Å². The molecule has 1 heterocycles. The first-order valence-electron chi connectivity index (χ1n) is 8.02. The Morgan fingerprint density at radius 2 is 1.92 bits per heavy atom. The number of hydrogen-bond acceptors (Lipinski definition) is 4. The van der Waals surface area contributed by atoms with Crippen LogP contribution in [0.4, 0.5) is 0 Å². The molecule has 0 saturated carbocycles. The van der Waals surface area contributed by atoms with Crippen LogP contribution in [-0.2, 0) is 6.42 Å². The van der Waals surface area contributed by atoms with Gasteiger partial charge in [-0.1, -0.05) is 30.3 Å². The van der Waals surface area contributed by atoms with Crippen LogP contribution in [-0.4, -0.2) is 17.0 Å². The second kappa shape index (κ2) is 6.31. The predicted octanol–water partition coefficient (Wildman–Crippen LogP) is 3.44. The van der Waals surface area contributed by atoms with Crippen molar-refractivity contribution in [2.75, 3.05) is 0 Å². The van der Waals surface area contributed by atoms with Crippen LogP contribution >= 0.6 is 11.3 Å². The molecule has 4 rings (SSSR count). The van der Waals surface area contributed by atoms with E-state index in [-0.39, 0.29) is 11.9 Å². The highest BCUT2D eigenvalue weighted by Crippen LogP contribution is 2.31. The summed E-state index contributed by atoms with van der Waals surface area (Å²) in [5, 5.41) is 12.7. The molecule has 0 fully saturated rings. The monoisotopic (exact) mass is 352 g/mol. The van der Waals surface area contributed by atoms with Gasteiger partial charge in [0.15, 0.2) is 0 Å². The van der Waals surface area contributed by atoms with Gasteiger partial charge in [-0.15, -0.1) is 11.3 Å². The van der Waals surface area contributed by atoms with Gasteiger partial charge in [-0.25, -0.2) is 5.48 Å². The summed E-state index contributed by atoms with van der Waals surface area (Å²) in [5.74, 6) is -0.667. The molecule has 25 heavy (non-hydrogen) atoms. The Morgan fingerprint density at radius 1 is 1.08 bits per heavy atom. The van der Waals surface area contributed by atoms with Gasteiger partial charge in [-0.05, 0) is 47.6 Å². The lowest BCUT2D eigenvalue weighted by Crippen LogP contribution is -2.27. The summed E-state index contributed by atoms with van der Waals surface area (Å²) in [6.45, 7) is 0. The van der Waals surface area contributed by atoms with E-state index in [2.05, 4.69) is 17.4 Å². The molecule has 2 amide bonds. The Labute approximate surface area is 148 Å². The maximum atomic E-state index is 12.6. The SMILES string of the molecule is O=C(NC1CCc2ccccc21)c1ccc2cc(C(=O)NO)sc2c1. The minimum atomic E-state index is -0.547. The lowest BCUT2D eigenvalue weighted by Gasteiger charge is -2.14. The number of carbonyl (C=O) groups is 2. The van der Waals surface area contributed by atoms with E-state index < -0.39 is 5.91 Å². The zero-order valence-electron chi connectivity index (χ0n) is 13.3. The molecule has 0 spiro atoms. The molecule has 1 aliphatic carbocycles. The van der Waals surface area contributed by atoms with Crippen LogP contribution < -0.4 is 10.8 Å². The van der Waals surface area contributed by atoms with Gasteiger partial charge < -0.3 is 5.32 Å². The number of hydroxylamine groups is 1. The molecule has 3 aromatic rings. The van der Waals surface area contributed by atoms with E-state index in [1.54, 1.807) is 23.7 Å². The number of hydrogen-bond donors (Lipinski definition) is 3. The lowest BCUT2D eigenvalue weighted by molar-refractivity contribution is 0.0711. The van der Waals surface area contributed by atoms with Gasteiger partial charge in [0.2, 0.25) is 0 Å². The number of rotatable bonds is 3. The molecular formula is C19H16N2O3S. The van der Waals surface area contributed by atoms with E-state index in [0.29, 0.717) is 10.4 Å². The predicted molar refractivity (Wildman–Crippen MR) is 96.0 cm³/mol. The second-order valence-electron chi connectivity index (χ2n) is 6.07. The number of carbonyl (C=O) groups excluding carboxylic acids is 2. The van der Waals surface area contributed by atoms with Crippen LogP contribution in [0.2, 0.25) is 0 Å². The van der Waals surface area contributed by atoms with Crippen LogP contribution in [0.25, 0.3) is 10.1 Å². The summed E-state index contributed by atoms with van der Waals surface area (Å²) in [4.78, 5) is 24.5. The van der Waals surface area contributed by atoms with Gasteiger partial charge in [-0.2, -0.15) is 0 Å². The average molecular weight is 352 g/mol. The van der Waals surface area contributed by atoms with Crippen LogP contribution in [0.3, 0.4) is 0 Å². The minimum absolute atomic E-state index is 0.0402. The van der Waals surface area contributed by atoms with Gasteiger partial charge in [0.25, 0.3) is 11.8 Å². The maximum absolute atomic E-state index is 12.6. The lowest BCUT2D eigenvalue weighted by atomic mass is 10.1. The topological polar surface area (TPSA) is 78.4 Å². The van der Waals surface area contributed by atoms with Crippen molar-refractivity contribution in [3.05, 3.63) is 70.1 Å². The van der Waals surface area contributed by atoms with Crippen molar-refractivity contribution in [2.45, 2.75) is 18.9 Å². The zero-order chi connectivity index (χ0) is 17.4. The van der Waals surface area contributed by atoms with Crippen molar-refractivity contribution in [3.8, 4) is 0 Å². The standard InChI is InChI=1S/C19H16N2O3S/c22-18(20-15-8-7-11-3-1-2-4-14(11)15)13-6-5-12-9-17(19(23)21-24)25-16(12)10-13/h1-6,9-10,15,24H,7-8H2,(H,20,22)(H,21,23). The van der Waals surface area contributed by atoms with Gasteiger partial charge in [-0.3, -0.25) is 14.8 Å². The quantitative estimate of drug-likeness (QED) is 0.499. The molecular weight excluding hydrogens is 336 g/mol. The van der Waals surface area contributed by atoms with Crippen molar-refractivity contribution < 1.29 is 14.8 Å². The molecule has 0 bridgehead atoms. The molecule has 0 saturated heterocycles. The van der Waals surface area contributed by atoms with Crippen molar-refractivity contribution in [1.82, 2.24) is 10.8 Å². The summed E-state index contributed by atoms with van der Waals surface area (Å²) in [5.41, 5.74) is 4.68. The number of aryl methyl sites for hydroxylation is 1. The first kappa shape index (κ1) is 15.8. The number of amides is 2. The van der Waals surface area contributed by atoms with Crippen LogP contribution in [0.15, 0.2) is 48.5 Å². The summed E-state index contributed by atoms with van der Waals surface area (Å²) in [6, 6.07) is 15.3. The maximum Gasteiger partial charge on any atom is 0.284 e. The zero-order valence-corrected chi connectivity index (χ0v) is 14.1. The smallest absolute Gasteiger partial charge is 0.284 e. The fraction of sp³-hybridized carbons (Fsp3) is 0.158. The Balaban J connectivity index is 1.57. The molecule has 3 N–H and O–H groups in total. The van der Waals surface area contributed by atoms with Gasteiger partial charge in [0, 0.05) is 10.3 Å². The van der Waals surface area contributed by atoms with E-state index in [0.717, 1.165) is 22.9 Å². The molecule has 1 aliphatic rings. The third kappa shape index (κ3) is 2.90. The Morgan fingerprint density at radius 3 is 2.76 bits per heavy atom. The highest BCUT2D eigenvalue weighted by molar-refractivity contribution is 7.20. The first-order chi connectivity index (χ1) is 12.2. The van der Waals surface area contributed by atoms with Crippen LogP contribution in [0.1, 0.15) is 43.6 Å². The third-order valence-electron chi connectivity index (χ3n) is 4.55. The third-order valence-corrected chi connectivity index (χ3v) is 5.64. The minimum Gasteiger partial charge on any atom is -0.345 e. The Kier molecular flexibility index (Phi) is 3.99. The molecule has 1 unspecified atom stereocenters. The van der Waals surface area contributed by atoms with Crippen LogP contribution in [0, 0.1) is 0 Å². The van der Waals surface area contributed by atoms with Crippen molar-refractivity contribution >= 4 is 33.2 Å². The number of nitrogens with one attached hydrogen (secondary N) is 2. The average Bonchev–Trinajstić information content (AvgIpc) is 3.24. The summed E-state index contributed by atoms with van der Waals surface area (Å²) in [7, 11) is 0. The largest absolute Gasteiger partial charge is 0.345 e. The highest BCUT2D eigenvalue weighted by Gasteiger charge is 2.24. The molecule has 1 atom stereocenters. The fourth-order valence-electron chi connectivity index (χ4n) is 3.29. The second-order valence-corrected chi connectivity index (χ2v) is 7.15. The highest BCUT2D eigenvalue weighted by atomic mass is 32.1. The fourth-order valence-corrected chi connectivity index (χ4v) is 4.28. The summed E-state index contributed by atoms with van der Waals surface area (Å²) >= 11 is 1.24. The van der Waals surface area contributed by atoms with Gasteiger partial charge >= 0.3 is 0 Å². The molecule has 0 aliphatic heterocycles. The molecule has 5 nitrogen and oxygen atoms in total. The molecule has 0 radical (unpaired) electrons. The summed E-state index contributed by atoms with van der Waals surface area (Å²) in [6.07, 6.45) is 1.89. The van der Waals surface area contributed by atoms with Crippen molar-refractivity contribution in [3.63, 3.8) is 0 Å². The molecule has 1 aromatic heterocycles. The normalized spacial score (nSPS) is 15.8. The Hall–Kier alpha value is -2.70. The number of fused-ring (bicyclic) bond motifs is 2. The number of benzene rings is 2. The molecule has 6 heteroatoms.